The van der Waals surface area contributed by atoms with Crippen molar-refractivity contribution in [3.8, 4) is 0 Å². The first-order chi connectivity index (χ1) is 6.52. The van der Waals surface area contributed by atoms with Gasteiger partial charge in [0.2, 0.25) is 0 Å². The first-order valence-electron chi connectivity index (χ1n) is 4.85. The molecule has 2 N–H and O–H groups in total. The highest BCUT2D eigenvalue weighted by Crippen LogP contribution is 2.63. The Hall–Kier alpha value is -0.410. The summed E-state index contributed by atoms with van der Waals surface area (Å²) in [6.07, 6.45) is 1.14. The van der Waals surface area contributed by atoms with Crippen molar-refractivity contribution in [2.24, 2.45) is 11.1 Å². The number of nitrogens with two attached hydrogens (primary N) is 1. The molecule has 0 radical (unpaired) electrons. The van der Waals surface area contributed by atoms with Crippen molar-refractivity contribution in [3.05, 3.63) is 28.5 Å². The SMILES string of the molecule is CC1(C)CC1(CN)c1cccc(Br)n1. The monoisotopic (exact) mass is 254 g/mol. The van der Waals surface area contributed by atoms with Crippen LogP contribution in [0.3, 0.4) is 0 Å². The fourth-order valence-corrected chi connectivity index (χ4v) is 2.62. The second-order valence-electron chi connectivity index (χ2n) is 4.69. The van der Waals surface area contributed by atoms with E-state index in [9.17, 15) is 0 Å². The normalized spacial score (nSPS) is 28.9. The zero-order chi connectivity index (χ0) is 10.4. The van der Waals surface area contributed by atoms with Crippen LogP contribution in [-0.2, 0) is 5.41 Å². The van der Waals surface area contributed by atoms with E-state index >= 15 is 0 Å². The maximum Gasteiger partial charge on any atom is 0.106 e. The van der Waals surface area contributed by atoms with Gasteiger partial charge >= 0.3 is 0 Å². The Bertz CT molecular complexity index is 362. The van der Waals surface area contributed by atoms with Crippen LogP contribution in [0.25, 0.3) is 0 Å². The highest BCUT2D eigenvalue weighted by atomic mass is 79.9. The molecule has 2 nitrogen and oxygen atoms in total. The molecule has 1 unspecified atom stereocenters. The molecule has 1 fully saturated rings. The molecule has 1 saturated carbocycles. The van der Waals surface area contributed by atoms with Gasteiger partial charge in [-0.2, -0.15) is 0 Å². The Balaban J connectivity index is 2.40. The molecular weight excluding hydrogens is 240 g/mol. The van der Waals surface area contributed by atoms with Crippen LogP contribution in [0.4, 0.5) is 0 Å². The van der Waals surface area contributed by atoms with Crippen molar-refractivity contribution in [2.75, 3.05) is 6.54 Å². The third kappa shape index (κ3) is 1.30. The smallest absolute Gasteiger partial charge is 0.106 e. The average molecular weight is 255 g/mol. The maximum absolute atomic E-state index is 5.87. The molecule has 1 heterocycles. The molecule has 1 atom stereocenters. The minimum atomic E-state index is 0.108. The molecule has 1 aromatic rings. The van der Waals surface area contributed by atoms with Crippen LogP contribution >= 0.6 is 15.9 Å². The largest absolute Gasteiger partial charge is 0.330 e. The van der Waals surface area contributed by atoms with Gasteiger partial charge in [-0.1, -0.05) is 19.9 Å². The highest BCUT2D eigenvalue weighted by Gasteiger charge is 2.61. The summed E-state index contributed by atoms with van der Waals surface area (Å²) >= 11 is 3.40. The highest BCUT2D eigenvalue weighted by molar-refractivity contribution is 9.10. The number of rotatable bonds is 2. The van der Waals surface area contributed by atoms with Crippen molar-refractivity contribution < 1.29 is 0 Å². The zero-order valence-corrected chi connectivity index (χ0v) is 10.1. The van der Waals surface area contributed by atoms with Gasteiger partial charge in [-0.3, -0.25) is 0 Å². The molecule has 0 spiro atoms. The lowest BCUT2D eigenvalue weighted by atomic mass is 9.92. The van der Waals surface area contributed by atoms with Crippen molar-refractivity contribution in [1.29, 1.82) is 0 Å². The fourth-order valence-electron chi connectivity index (χ4n) is 2.28. The Morgan fingerprint density at radius 1 is 1.50 bits per heavy atom. The van der Waals surface area contributed by atoms with E-state index in [1.165, 1.54) is 0 Å². The van der Waals surface area contributed by atoms with Crippen LogP contribution in [0.15, 0.2) is 22.8 Å². The zero-order valence-electron chi connectivity index (χ0n) is 8.55. The van der Waals surface area contributed by atoms with Crippen molar-refractivity contribution in [2.45, 2.75) is 25.7 Å². The van der Waals surface area contributed by atoms with Gasteiger partial charge in [-0.25, -0.2) is 4.98 Å². The predicted octanol–water partition coefficient (Wildman–Crippen LogP) is 2.47. The van der Waals surface area contributed by atoms with E-state index in [-0.39, 0.29) is 5.41 Å². The Morgan fingerprint density at radius 2 is 2.14 bits per heavy atom. The van der Waals surface area contributed by atoms with Crippen LogP contribution in [0.5, 0.6) is 0 Å². The summed E-state index contributed by atoms with van der Waals surface area (Å²) in [5.41, 5.74) is 7.40. The molecule has 76 valence electrons. The lowest BCUT2D eigenvalue weighted by molar-refractivity contribution is 0.492. The Morgan fingerprint density at radius 3 is 2.57 bits per heavy atom. The lowest BCUT2D eigenvalue weighted by Gasteiger charge is -2.17. The molecule has 0 aliphatic heterocycles. The van der Waals surface area contributed by atoms with E-state index in [2.05, 4.69) is 40.8 Å². The first kappa shape index (κ1) is 10.1. The molecule has 14 heavy (non-hydrogen) atoms. The van der Waals surface area contributed by atoms with Gasteiger partial charge in [0.1, 0.15) is 4.60 Å². The molecule has 0 bridgehead atoms. The first-order valence-corrected chi connectivity index (χ1v) is 5.64. The molecule has 0 aromatic carbocycles. The number of aromatic nitrogens is 1. The molecule has 3 heteroatoms. The summed E-state index contributed by atoms with van der Waals surface area (Å²) in [4.78, 5) is 4.51. The van der Waals surface area contributed by atoms with E-state index in [1.54, 1.807) is 0 Å². The molecule has 1 aliphatic rings. The second-order valence-corrected chi connectivity index (χ2v) is 5.50. The predicted molar refractivity (Wildman–Crippen MR) is 61.1 cm³/mol. The van der Waals surface area contributed by atoms with Gasteiger partial charge in [0.25, 0.3) is 0 Å². The van der Waals surface area contributed by atoms with Crippen LogP contribution in [-0.4, -0.2) is 11.5 Å². The van der Waals surface area contributed by atoms with Gasteiger partial charge in [0, 0.05) is 17.7 Å². The Kier molecular flexibility index (Phi) is 2.20. The van der Waals surface area contributed by atoms with Gasteiger partial charge in [0.05, 0.1) is 0 Å². The average Bonchev–Trinajstić information content (AvgIpc) is 2.70. The third-order valence-electron chi connectivity index (χ3n) is 3.47. The maximum atomic E-state index is 5.87. The number of hydrogen-bond acceptors (Lipinski definition) is 2. The van der Waals surface area contributed by atoms with Gasteiger partial charge in [-0.05, 0) is 39.9 Å². The van der Waals surface area contributed by atoms with Crippen LogP contribution < -0.4 is 5.73 Å². The summed E-state index contributed by atoms with van der Waals surface area (Å²) in [7, 11) is 0. The number of pyridine rings is 1. The van der Waals surface area contributed by atoms with Gasteiger partial charge < -0.3 is 5.73 Å². The molecular formula is C11H15BrN2. The van der Waals surface area contributed by atoms with Gasteiger partial charge in [0.15, 0.2) is 0 Å². The van der Waals surface area contributed by atoms with E-state index < -0.39 is 0 Å². The summed E-state index contributed by atoms with van der Waals surface area (Å²) in [6.45, 7) is 5.19. The molecule has 0 saturated heterocycles. The lowest BCUT2D eigenvalue weighted by Crippen LogP contribution is -2.26. The van der Waals surface area contributed by atoms with E-state index in [4.69, 9.17) is 5.73 Å². The second kappa shape index (κ2) is 3.04. The quantitative estimate of drug-likeness (QED) is 0.824. The summed E-state index contributed by atoms with van der Waals surface area (Å²) in [5.74, 6) is 0. The van der Waals surface area contributed by atoms with Crippen LogP contribution in [0.2, 0.25) is 0 Å². The van der Waals surface area contributed by atoms with E-state index in [0.717, 1.165) is 16.7 Å². The third-order valence-corrected chi connectivity index (χ3v) is 3.91. The summed E-state index contributed by atoms with van der Waals surface area (Å²) < 4.78 is 0.894. The van der Waals surface area contributed by atoms with Crippen molar-refractivity contribution in [3.63, 3.8) is 0 Å². The molecule has 1 aliphatic carbocycles. The van der Waals surface area contributed by atoms with E-state index in [1.807, 2.05) is 12.1 Å². The summed E-state index contributed by atoms with van der Waals surface area (Å²) in [6, 6.07) is 6.05. The van der Waals surface area contributed by atoms with E-state index in [0.29, 0.717) is 12.0 Å². The summed E-state index contributed by atoms with van der Waals surface area (Å²) in [5, 5.41) is 0. The number of halogens is 1. The minimum absolute atomic E-state index is 0.108. The minimum Gasteiger partial charge on any atom is -0.330 e. The fraction of sp³-hybridized carbons (Fsp3) is 0.545. The van der Waals surface area contributed by atoms with Crippen LogP contribution in [0, 0.1) is 5.41 Å². The molecule has 2 rings (SSSR count). The van der Waals surface area contributed by atoms with Crippen molar-refractivity contribution >= 4 is 15.9 Å². The van der Waals surface area contributed by atoms with Crippen molar-refractivity contribution in [1.82, 2.24) is 4.98 Å². The molecule has 0 amide bonds. The van der Waals surface area contributed by atoms with Gasteiger partial charge in [-0.15, -0.1) is 0 Å². The van der Waals surface area contributed by atoms with Crippen LogP contribution in [0.1, 0.15) is 26.0 Å². The topological polar surface area (TPSA) is 38.9 Å². The molecule has 1 aromatic heterocycles. The standard InChI is InChI=1S/C11H15BrN2/c1-10(2)6-11(10,7-13)8-4-3-5-9(12)14-8/h3-5H,6-7,13H2,1-2H3. The Labute approximate surface area is 93.0 Å². The number of nitrogens with zero attached hydrogens (tertiary/aromatic N) is 1. The number of hydrogen-bond donors (Lipinski definition) is 1.